The molecule has 3 aromatic carbocycles. The first kappa shape index (κ1) is 30.9. The molecule has 0 bridgehead atoms. The van der Waals surface area contributed by atoms with Gasteiger partial charge in [0.2, 0.25) is 11.7 Å². The van der Waals surface area contributed by atoms with Gasteiger partial charge >= 0.3 is 5.97 Å². The standard InChI is InChI=1S/C34H37N3O6S/c1-4-11-32(38)36-22-20-35(21-23-36)29-14-9-10-15-30(29)37(19-18-26-12-7-6-8-13-26)44(40,41)27-16-17-31-28(24-27)25(3)33(43-31)34(39)42-5-2/h4,6-17,24H,5,18-23H2,1-3H3. The zero-order valence-corrected chi connectivity index (χ0v) is 26.0. The number of fused-ring (bicyclic) bond motifs is 1. The van der Waals surface area contributed by atoms with Crippen molar-refractivity contribution in [3.05, 3.63) is 102 Å². The first-order chi connectivity index (χ1) is 21.2. The van der Waals surface area contributed by atoms with Gasteiger partial charge in [-0.15, -0.1) is 0 Å². The van der Waals surface area contributed by atoms with E-state index in [2.05, 4.69) is 4.90 Å². The van der Waals surface area contributed by atoms with Crippen molar-refractivity contribution >= 4 is 44.2 Å². The van der Waals surface area contributed by atoms with Crippen molar-refractivity contribution in [2.75, 3.05) is 48.5 Å². The Bertz CT molecular complexity index is 1770. The summed E-state index contributed by atoms with van der Waals surface area (Å²) in [6.45, 7) is 7.88. The lowest BCUT2D eigenvalue weighted by molar-refractivity contribution is -0.126. The van der Waals surface area contributed by atoms with Gasteiger partial charge < -0.3 is 19.0 Å². The molecule has 5 rings (SSSR count). The number of allylic oxidation sites excluding steroid dienone is 1. The number of amides is 1. The van der Waals surface area contributed by atoms with Gasteiger partial charge in [-0.3, -0.25) is 9.10 Å². The summed E-state index contributed by atoms with van der Waals surface area (Å²) in [5, 5.41) is 0.535. The third-order valence-corrected chi connectivity index (χ3v) is 9.60. The van der Waals surface area contributed by atoms with Crippen LogP contribution in [0.1, 0.15) is 35.5 Å². The maximum atomic E-state index is 14.5. The molecule has 0 atom stereocenters. The molecule has 4 aromatic rings. The molecule has 1 saturated heterocycles. The number of carbonyl (C=O) groups is 2. The second-order valence-electron chi connectivity index (χ2n) is 10.5. The number of benzene rings is 3. The molecule has 0 radical (unpaired) electrons. The normalized spacial score (nSPS) is 13.9. The van der Waals surface area contributed by atoms with Gasteiger partial charge in [0.25, 0.3) is 10.0 Å². The van der Waals surface area contributed by atoms with Crippen LogP contribution in [-0.4, -0.2) is 64.5 Å². The van der Waals surface area contributed by atoms with Crippen LogP contribution in [0.25, 0.3) is 11.0 Å². The smallest absolute Gasteiger partial charge is 0.374 e. The molecule has 0 unspecified atom stereocenters. The van der Waals surface area contributed by atoms with Crippen LogP contribution < -0.4 is 9.21 Å². The number of para-hydroxylation sites is 2. The summed E-state index contributed by atoms with van der Waals surface area (Å²) in [5.41, 5.74) is 3.30. The minimum absolute atomic E-state index is 0.0245. The minimum Gasteiger partial charge on any atom is -0.460 e. The van der Waals surface area contributed by atoms with Crippen molar-refractivity contribution < 1.29 is 27.2 Å². The Morgan fingerprint density at radius 1 is 0.977 bits per heavy atom. The van der Waals surface area contributed by atoms with E-state index in [1.807, 2.05) is 61.5 Å². The number of ether oxygens (including phenoxy) is 1. The van der Waals surface area contributed by atoms with Crippen LogP contribution in [0.2, 0.25) is 0 Å². The van der Waals surface area contributed by atoms with Crippen LogP contribution in [0, 0.1) is 6.92 Å². The van der Waals surface area contributed by atoms with Gasteiger partial charge in [-0.05, 0) is 69.2 Å². The molecule has 1 aromatic heterocycles. The van der Waals surface area contributed by atoms with E-state index in [4.69, 9.17) is 9.15 Å². The molecule has 1 fully saturated rings. The SMILES string of the molecule is CC=CC(=O)N1CCN(c2ccccc2N(CCc2ccccc2)S(=O)(=O)c2ccc3oc(C(=O)OCC)c(C)c3c2)CC1. The molecule has 2 heterocycles. The summed E-state index contributed by atoms with van der Waals surface area (Å²) in [7, 11) is -4.07. The zero-order chi connectivity index (χ0) is 31.3. The Morgan fingerprint density at radius 2 is 1.68 bits per heavy atom. The number of esters is 1. The van der Waals surface area contributed by atoms with Gasteiger partial charge in [0, 0.05) is 43.7 Å². The van der Waals surface area contributed by atoms with Crippen molar-refractivity contribution in [1.29, 1.82) is 0 Å². The molecule has 0 N–H and O–H groups in total. The Morgan fingerprint density at radius 3 is 2.39 bits per heavy atom. The average Bonchev–Trinajstić information content (AvgIpc) is 3.38. The number of piperazine rings is 1. The first-order valence-corrected chi connectivity index (χ1v) is 16.2. The van der Waals surface area contributed by atoms with Crippen molar-refractivity contribution in [2.24, 2.45) is 0 Å². The van der Waals surface area contributed by atoms with Gasteiger partial charge in [-0.1, -0.05) is 48.5 Å². The number of carbonyl (C=O) groups excluding carboxylic acids is 2. The van der Waals surface area contributed by atoms with E-state index in [1.165, 1.54) is 10.4 Å². The number of rotatable bonds is 10. The Kier molecular flexibility index (Phi) is 9.39. The highest BCUT2D eigenvalue weighted by molar-refractivity contribution is 7.92. The third-order valence-electron chi connectivity index (χ3n) is 7.79. The molecule has 230 valence electrons. The molecular formula is C34H37N3O6S. The Labute approximate surface area is 258 Å². The number of furan rings is 1. The van der Waals surface area contributed by atoms with Crippen molar-refractivity contribution in [2.45, 2.75) is 32.1 Å². The van der Waals surface area contributed by atoms with Crippen LogP contribution in [-0.2, 0) is 26.0 Å². The van der Waals surface area contributed by atoms with Gasteiger partial charge in [-0.2, -0.15) is 0 Å². The van der Waals surface area contributed by atoms with Gasteiger partial charge in [0.05, 0.1) is 22.9 Å². The van der Waals surface area contributed by atoms with E-state index in [9.17, 15) is 18.0 Å². The summed E-state index contributed by atoms with van der Waals surface area (Å²) >= 11 is 0. The van der Waals surface area contributed by atoms with Crippen LogP contribution in [0.15, 0.2) is 94.3 Å². The summed E-state index contributed by atoms with van der Waals surface area (Å²) in [6, 6.07) is 21.9. The lowest BCUT2D eigenvalue weighted by Crippen LogP contribution is -2.48. The number of hydrogen-bond acceptors (Lipinski definition) is 7. The summed E-state index contributed by atoms with van der Waals surface area (Å²) < 4.78 is 41.4. The predicted octanol–water partition coefficient (Wildman–Crippen LogP) is 5.58. The number of sulfonamides is 1. The molecule has 0 saturated carbocycles. The zero-order valence-electron chi connectivity index (χ0n) is 25.2. The average molecular weight is 616 g/mol. The van der Waals surface area contributed by atoms with E-state index in [0.717, 1.165) is 11.3 Å². The predicted molar refractivity (Wildman–Crippen MR) is 172 cm³/mol. The molecule has 44 heavy (non-hydrogen) atoms. The van der Waals surface area contributed by atoms with Gasteiger partial charge in [0.15, 0.2) is 0 Å². The fraction of sp³-hybridized carbons (Fsp3) is 0.294. The van der Waals surface area contributed by atoms with E-state index in [1.54, 1.807) is 43.0 Å². The number of hydrogen-bond donors (Lipinski definition) is 0. The summed E-state index contributed by atoms with van der Waals surface area (Å²) in [6.07, 6.45) is 3.80. The molecule has 10 heteroatoms. The van der Waals surface area contributed by atoms with Crippen molar-refractivity contribution in [3.8, 4) is 0 Å². The van der Waals surface area contributed by atoms with Crippen LogP contribution >= 0.6 is 0 Å². The maximum Gasteiger partial charge on any atom is 0.374 e. The second-order valence-corrected chi connectivity index (χ2v) is 12.4. The minimum atomic E-state index is -4.07. The topological polar surface area (TPSA) is 100 Å². The van der Waals surface area contributed by atoms with Crippen LogP contribution in [0.4, 0.5) is 11.4 Å². The quantitative estimate of drug-likeness (QED) is 0.170. The van der Waals surface area contributed by atoms with E-state index in [-0.39, 0.29) is 29.7 Å². The van der Waals surface area contributed by atoms with Crippen LogP contribution in [0.3, 0.4) is 0 Å². The van der Waals surface area contributed by atoms with E-state index in [0.29, 0.717) is 54.8 Å². The highest BCUT2D eigenvalue weighted by Crippen LogP contribution is 2.36. The summed E-state index contributed by atoms with van der Waals surface area (Å²) in [4.78, 5) is 28.9. The first-order valence-electron chi connectivity index (χ1n) is 14.8. The maximum absolute atomic E-state index is 14.5. The second kappa shape index (κ2) is 13.4. The highest BCUT2D eigenvalue weighted by Gasteiger charge is 2.30. The summed E-state index contributed by atoms with van der Waals surface area (Å²) in [5.74, 6) is -0.546. The Balaban J connectivity index is 1.53. The highest BCUT2D eigenvalue weighted by atomic mass is 32.2. The molecular weight excluding hydrogens is 578 g/mol. The number of nitrogens with zero attached hydrogens (tertiary/aromatic N) is 3. The molecule has 0 spiro atoms. The molecule has 1 aliphatic rings. The van der Waals surface area contributed by atoms with Crippen molar-refractivity contribution in [1.82, 2.24) is 4.90 Å². The molecule has 1 aliphatic heterocycles. The fourth-order valence-electron chi connectivity index (χ4n) is 5.48. The number of aryl methyl sites for hydroxylation is 1. The van der Waals surface area contributed by atoms with E-state index < -0.39 is 16.0 Å². The monoisotopic (exact) mass is 615 g/mol. The van der Waals surface area contributed by atoms with Crippen LogP contribution in [0.5, 0.6) is 0 Å². The van der Waals surface area contributed by atoms with Gasteiger partial charge in [0.1, 0.15) is 5.58 Å². The molecule has 0 aliphatic carbocycles. The number of anilines is 2. The van der Waals surface area contributed by atoms with Crippen molar-refractivity contribution in [3.63, 3.8) is 0 Å². The lowest BCUT2D eigenvalue weighted by atomic mass is 10.1. The lowest BCUT2D eigenvalue weighted by Gasteiger charge is -2.38. The Hall–Kier alpha value is -4.57. The largest absolute Gasteiger partial charge is 0.460 e. The third kappa shape index (κ3) is 6.35. The van der Waals surface area contributed by atoms with E-state index >= 15 is 0 Å². The molecule has 9 nitrogen and oxygen atoms in total. The fourth-order valence-corrected chi connectivity index (χ4v) is 6.99. The molecule has 1 amide bonds. The van der Waals surface area contributed by atoms with Gasteiger partial charge in [-0.25, -0.2) is 13.2 Å².